The largest absolute Gasteiger partial charge is 0.478 e. The minimum absolute atomic E-state index is 0. The van der Waals surface area contributed by atoms with Crippen molar-refractivity contribution >= 4 is 29.9 Å². The van der Waals surface area contributed by atoms with E-state index in [9.17, 15) is 0 Å². The number of rotatable bonds is 9. The van der Waals surface area contributed by atoms with Crippen LogP contribution in [0.25, 0.3) is 0 Å². The maximum absolute atomic E-state index is 5.54. The molecule has 0 aromatic carbocycles. The molecule has 0 spiro atoms. The van der Waals surface area contributed by atoms with E-state index in [1.807, 2.05) is 36.0 Å². The summed E-state index contributed by atoms with van der Waals surface area (Å²) in [6.45, 7) is 7.66. The Hall–Kier alpha value is -1.84. The van der Waals surface area contributed by atoms with Crippen molar-refractivity contribution in [2.45, 2.75) is 33.4 Å². The van der Waals surface area contributed by atoms with Crippen LogP contribution >= 0.6 is 24.0 Å². The predicted octanol–water partition coefficient (Wildman–Crippen LogP) is 2.44. The summed E-state index contributed by atoms with van der Waals surface area (Å²) in [6.07, 6.45) is 6.47. The van der Waals surface area contributed by atoms with Gasteiger partial charge in [0.1, 0.15) is 0 Å². The van der Waals surface area contributed by atoms with Gasteiger partial charge in [-0.1, -0.05) is 6.07 Å². The molecular weight excluding hydrogens is 431 g/mol. The molecule has 2 heterocycles. The number of pyridine rings is 1. The van der Waals surface area contributed by atoms with E-state index >= 15 is 0 Å². The van der Waals surface area contributed by atoms with Crippen molar-refractivity contribution in [3.63, 3.8) is 0 Å². The van der Waals surface area contributed by atoms with Gasteiger partial charge < -0.3 is 15.4 Å². The number of halogens is 1. The molecule has 2 aromatic rings. The highest BCUT2D eigenvalue weighted by Crippen LogP contribution is 2.15. The average molecular weight is 458 g/mol. The highest BCUT2D eigenvalue weighted by Gasteiger charge is 2.04. The molecule has 8 heteroatoms. The highest BCUT2D eigenvalue weighted by atomic mass is 127. The van der Waals surface area contributed by atoms with E-state index in [0.29, 0.717) is 19.0 Å². The van der Waals surface area contributed by atoms with E-state index in [2.05, 4.69) is 32.6 Å². The molecule has 0 bridgehead atoms. The van der Waals surface area contributed by atoms with Crippen molar-refractivity contribution in [2.24, 2.45) is 4.99 Å². The van der Waals surface area contributed by atoms with E-state index in [0.717, 1.165) is 37.6 Å². The second kappa shape index (κ2) is 12.5. The fourth-order valence-electron chi connectivity index (χ4n) is 2.20. The molecule has 0 atom stereocenters. The van der Waals surface area contributed by atoms with Crippen LogP contribution in [0.15, 0.2) is 41.8 Å². The summed E-state index contributed by atoms with van der Waals surface area (Å²) in [5.41, 5.74) is 0.980. The summed E-state index contributed by atoms with van der Waals surface area (Å²) in [6, 6.07) is 5.82. The van der Waals surface area contributed by atoms with Crippen LogP contribution in [-0.2, 0) is 13.1 Å². The third kappa shape index (κ3) is 7.72. The first-order valence-corrected chi connectivity index (χ1v) is 8.39. The number of nitrogens with zero attached hydrogens (tertiary/aromatic N) is 4. The number of nitrogens with one attached hydrogen (secondary N) is 2. The lowest BCUT2D eigenvalue weighted by Crippen LogP contribution is -2.38. The van der Waals surface area contributed by atoms with Gasteiger partial charge in [0.15, 0.2) is 5.96 Å². The first-order valence-electron chi connectivity index (χ1n) is 8.39. The van der Waals surface area contributed by atoms with Gasteiger partial charge in [-0.2, -0.15) is 5.10 Å². The van der Waals surface area contributed by atoms with Crippen LogP contribution < -0.4 is 15.4 Å². The Labute approximate surface area is 166 Å². The smallest absolute Gasteiger partial charge is 0.218 e. The number of hydrogen-bond donors (Lipinski definition) is 2. The van der Waals surface area contributed by atoms with Gasteiger partial charge >= 0.3 is 0 Å². The van der Waals surface area contributed by atoms with Crippen LogP contribution in [0.3, 0.4) is 0 Å². The Morgan fingerprint density at radius 3 is 2.84 bits per heavy atom. The molecule has 0 fully saturated rings. The minimum atomic E-state index is 0. The summed E-state index contributed by atoms with van der Waals surface area (Å²) in [7, 11) is 0. The van der Waals surface area contributed by atoms with Gasteiger partial charge in [0.25, 0.3) is 0 Å². The Kier molecular flexibility index (Phi) is 10.6. The molecule has 138 valence electrons. The van der Waals surface area contributed by atoms with Gasteiger partial charge in [0.05, 0.1) is 13.2 Å². The highest BCUT2D eigenvalue weighted by molar-refractivity contribution is 14.0. The molecule has 2 aromatic heterocycles. The van der Waals surface area contributed by atoms with Crippen molar-refractivity contribution in [3.8, 4) is 5.88 Å². The number of aromatic nitrogens is 3. The minimum Gasteiger partial charge on any atom is -0.478 e. The lowest BCUT2D eigenvalue weighted by molar-refractivity contribution is 0.323. The van der Waals surface area contributed by atoms with Crippen LogP contribution in [0.4, 0.5) is 0 Å². The first kappa shape index (κ1) is 21.2. The predicted molar refractivity (Wildman–Crippen MR) is 110 cm³/mol. The average Bonchev–Trinajstić information content (AvgIpc) is 3.11. The summed E-state index contributed by atoms with van der Waals surface area (Å²) < 4.78 is 7.46. The van der Waals surface area contributed by atoms with Crippen molar-refractivity contribution < 1.29 is 4.74 Å². The van der Waals surface area contributed by atoms with Crippen molar-refractivity contribution in [1.29, 1.82) is 0 Å². The van der Waals surface area contributed by atoms with Crippen LogP contribution in [0.2, 0.25) is 0 Å². The number of aryl methyl sites for hydroxylation is 1. The third-order valence-corrected chi connectivity index (χ3v) is 3.30. The molecule has 0 radical (unpaired) electrons. The maximum Gasteiger partial charge on any atom is 0.218 e. The Bertz CT molecular complexity index is 617. The van der Waals surface area contributed by atoms with Crippen LogP contribution in [0, 0.1) is 0 Å². The molecule has 0 saturated heterocycles. The van der Waals surface area contributed by atoms with Gasteiger partial charge in [-0.05, 0) is 32.4 Å². The summed E-state index contributed by atoms with van der Waals surface area (Å²) in [5.74, 6) is 1.45. The van der Waals surface area contributed by atoms with Gasteiger partial charge in [0.2, 0.25) is 5.88 Å². The topological polar surface area (TPSA) is 76.4 Å². The zero-order chi connectivity index (χ0) is 17.0. The SMILES string of the molecule is CCNC(=NCc1cccnc1OCC)NCCCn1cccn1.I. The maximum atomic E-state index is 5.54. The normalized spacial score (nSPS) is 10.9. The Morgan fingerprint density at radius 1 is 1.24 bits per heavy atom. The van der Waals surface area contributed by atoms with E-state index in [4.69, 9.17) is 4.74 Å². The van der Waals surface area contributed by atoms with Crippen molar-refractivity contribution in [1.82, 2.24) is 25.4 Å². The number of aliphatic imine (C=N–C) groups is 1. The molecule has 0 unspecified atom stereocenters. The second-order valence-corrected chi connectivity index (χ2v) is 5.15. The molecule has 2 rings (SSSR count). The zero-order valence-corrected chi connectivity index (χ0v) is 17.1. The van der Waals surface area contributed by atoms with Gasteiger partial charge in [0, 0.05) is 43.8 Å². The second-order valence-electron chi connectivity index (χ2n) is 5.15. The fraction of sp³-hybridized carbons (Fsp3) is 0.471. The van der Waals surface area contributed by atoms with Crippen LogP contribution in [0.5, 0.6) is 5.88 Å². The molecule has 0 saturated carbocycles. The molecule has 25 heavy (non-hydrogen) atoms. The molecule has 0 aliphatic carbocycles. The lowest BCUT2D eigenvalue weighted by atomic mass is 10.3. The molecule has 0 aliphatic heterocycles. The molecule has 0 amide bonds. The summed E-state index contributed by atoms with van der Waals surface area (Å²) >= 11 is 0. The van der Waals surface area contributed by atoms with Crippen molar-refractivity contribution in [2.75, 3.05) is 19.7 Å². The summed E-state index contributed by atoms with van der Waals surface area (Å²) in [5, 5.41) is 10.8. The van der Waals surface area contributed by atoms with E-state index < -0.39 is 0 Å². The zero-order valence-electron chi connectivity index (χ0n) is 14.8. The van der Waals surface area contributed by atoms with Gasteiger partial charge in [-0.25, -0.2) is 9.98 Å². The fourth-order valence-corrected chi connectivity index (χ4v) is 2.20. The Balaban J connectivity index is 0.00000312. The lowest BCUT2D eigenvalue weighted by Gasteiger charge is -2.12. The van der Waals surface area contributed by atoms with Gasteiger partial charge in [-0.3, -0.25) is 4.68 Å². The van der Waals surface area contributed by atoms with E-state index in [-0.39, 0.29) is 24.0 Å². The summed E-state index contributed by atoms with van der Waals surface area (Å²) in [4.78, 5) is 8.87. The number of guanidine groups is 1. The third-order valence-electron chi connectivity index (χ3n) is 3.30. The van der Waals surface area contributed by atoms with E-state index in [1.54, 1.807) is 12.4 Å². The quantitative estimate of drug-likeness (QED) is 0.261. The number of ether oxygens (including phenoxy) is 1. The molecule has 0 aliphatic rings. The van der Waals surface area contributed by atoms with E-state index in [1.165, 1.54) is 0 Å². The standard InChI is InChI=1S/C17H26N6O.HI/c1-3-18-17(20-10-6-12-23-13-7-11-22-23)21-14-15-8-5-9-19-16(15)24-4-2;/h5,7-9,11,13H,3-4,6,10,12,14H2,1-2H3,(H2,18,20,21);1H. The van der Waals surface area contributed by atoms with Crippen molar-refractivity contribution in [3.05, 3.63) is 42.4 Å². The van der Waals surface area contributed by atoms with Crippen LogP contribution in [0.1, 0.15) is 25.8 Å². The molecular formula is C17H27IN6O. The monoisotopic (exact) mass is 458 g/mol. The number of hydrogen-bond acceptors (Lipinski definition) is 4. The van der Waals surface area contributed by atoms with Gasteiger partial charge in [-0.15, -0.1) is 24.0 Å². The first-order chi connectivity index (χ1) is 11.8. The molecule has 2 N–H and O–H groups in total. The Morgan fingerprint density at radius 2 is 2.12 bits per heavy atom. The molecule has 7 nitrogen and oxygen atoms in total. The van der Waals surface area contributed by atoms with Crippen LogP contribution in [-0.4, -0.2) is 40.4 Å².